The largest absolute Gasteiger partial charge is 0.317 e. The van der Waals surface area contributed by atoms with Crippen LogP contribution in [0.4, 0.5) is 4.39 Å². The van der Waals surface area contributed by atoms with Crippen LogP contribution in [0.1, 0.15) is 37.8 Å². The quantitative estimate of drug-likeness (QED) is 0.795. The van der Waals surface area contributed by atoms with Crippen molar-refractivity contribution in [1.82, 2.24) is 5.32 Å². The molecular weight excluding hydrogens is 213 g/mol. The van der Waals surface area contributed by atoms with Crippen molar-refractivity contribution in [2.24, 2.45) is 5.92 Å². The highest BCUT2D eigenvalue weighted by molar-refractivity contribution is 5.26. The van der Waals surface area contributed by atoms with Gasteiger partial charge in [-0.3, -0.25) is 0 Å². The van der Waals surface area contributed by atoms with E-state index >= 15 is 0 Å². The monoisotopic (exact) mass is 237 g/mol. The molecule has 1 unspecified atom stereocenters. The Kier molecular flexibility index (Phi) is 5.63. The third kappa shape index (κ3) is 4.47. The second-order valence-corrected chi connectivity index (χ2v) is 5.10. The predicted octanol–water partition coefficient (Wildman–Crippen LogP) is 3.70. The Balaban J connectivity index is 2.45. The summed E-state index contributed by atoms with van der Waals surface area (Å²) < 4.78 is 12.9. The van der Waals surface area contributed by atoms with Crippen molar-refractivity contribution in [3.05, 3.63) is 35.1 Å². The van der Waals surface area contributed by atoms with E-state index in [0.717, 1.165) is 18.4 Å². The van der Waals surface area contributed by atoms with Crippen molar-refractivity contribution in [3.63, 3.8) is 0 Å². The van der Waals surface area contributed by atoms with Gasteiger partial charge in [0.25, 0.3) is 0 Å². The summed E-state index contributed by atoms with van der Waals surface area (Å²) in [6.45, 7) is 6.46. The molecule has 0 saturated heterocycles. The lowest BCUT2D eigenvalue weighted by atomic mass is 9.96. The highest BCUT2D eigenvalue weighted by Crippen LogP contribution is 2.15. The second kappa shape index (κ2) is 6.75. The first-order valence-electron chi connectivity index (χ1n) is 6.47. The van der Waals surface area contributed by atoms with E-state index < -0.39 is 0 Å². The van der Waals surface area contributed by atoms with E-state index in [9.17, 15) is 4.39 Å². The fourth-order valence-electron chi connectivity index (χ4n) is 2.26. The Morgan fingerprint density at radius 3 is 2.53 bits per heavy atom. The normalized spacial score (nSPS) is 13.1. The van der Waals surface area contributed by atoms with Crippen molar-refractivity contribution in [3.8, 4) is 0 Å². The number of nitrogens with one attached hydrogen (secondary N) is 1. The van der Waals surface area contributed by atoms with E-state index in [1.54, 1.807) is 12.1 Å². The van der Waals surface area contributed by atoms with E-state index in [0.29, 0.717) is 12.0 Å². The molecule has 0 aliphatic rings. The summed E-state index contributed by atoms with van der Waals surface area (Å²) in [6.07, 6.45) is 3.36. The summed E-state index contributed by atoms with van der Waals surface area (Å²) in [5.41, 5.74) is 2.33. The molecule has 0 fully saturated rings. The molecule has 0 aromatic heterocycles. The van der Waals surface area contributed by atoms with Crippen molar-refractivity contribution >= 4 is 0 Å². The van der Waals surface area contributed by atoms with Gasteiger partial charge in [-0.25, -0.2) is 4.39 Å². The van der Waals surface area contributed by atoms with Crippen LogP contribution in [0.5, 0.6) is 0 Å². The lowest BCUT2D eigenvalue weighted by Crippen LogP contribution is -2.30. The van der Waals surface area contributed by atoms with Crippen molar-refractivity contribution in [2.45, 2.75) is 46.1 Å². The van der Waals surface area contributed by atoms with Gasteiger partial charge < -0.3 is 5.32 Å². The van der Waals surface area contributed by atoms with Gasteiger partial charge in [-0.1, -0.05) is 19.9 Å². The van der Waals surface area contributed by atoms with Crippen LogP contribution in [0.15, 0.2) is 18.2 Å². The average molecular weight is 237 g/mol. The van der Waals surface area contributed by atoms with Crippen LogP contribution in [-0.4, -0.2) is 13.1 Å². The molecule has 0 bridgehead atoms. The minimum absolute atomic E-state index is 0.137. The zero-order chi connectivity index (χ0) is 12.8. The van der Waals surface area contributed by atoms with Crippen LogP contribution < -0.4 is 5.32 Å². The van der Waals surface area contributed by atoms with Gasteiger partial charge in [0.15, 0.2) is 0 Å². The standard InChI is InChI=1S/C15H24FN/c1-11(2)15(17-4)7-5-6-13-8-9-14(16)10-12(13)3/h8-11,15,17H,5-7H2,1-4H3. The molecule has 0 aliphatic carbocycles. The first-order valence-corrected chi connectivity index (χ1v) is 6.47. The van der Waals surface area contributed by atoms with Crippen molar-refractivity contribution < 1.29 is 4.39 Å². The minimum atomic E-state index is -0.137. The second-order valence-electron chi connectivity index (χ2n) is 5.10. The van der Waals surface area contributed by atoms with Crippen LogP contribution in [0.2, 0.25) is 0 Å². The highest BCUT2D eigenvalue weighted by atomic mass is 19.1. The smallest absolute Gasteiger partial charge is 0.123 e. The van der Waals surface area contributed by atoms with Gasteiger partial charge in [0, 0.05) is 6.04 Å². The van der Waals surface area contributed by atoms with E-state index in [4.69, 9.17) is 0 Å². The number of hydrogen-bond acceptors (Lipinski definition) is 1. The van der Waals surface area contributed by atoms with Gasteiger partial charge in [-0.2, -0.15) is 0 Å². The maximum atomic E-state index is 12.9. The first-order chi connectivity index (χ1) is 8.04. The van der Waals surface area contributed by atoms with Crippen LogP contribution in [0.3, 0.4) is 0 Å². The summed E-state index contributed by atoms with van der Waals surface area (Å²) >= 11 is 0. The molecule has 0 spiro atoms. The van der Waals surface area contributed by atoms with Gasteiger partial charge in [0.1, 0.15) is 5.82 Å². The molecule has 1 atom stereocenters. The van der Waals surface area contributed by atoms with Gasteiger partial charge >= 0.3 is 0 Å². The molecule has 1 rings (SSSR count). The fourth-order valence-corrected chi connectivity index (χ4v) is 2.26. The molecule has 1 aromatic rings. The first kappa shape index (κ1) is 14.2. The maximum absolute atomic E-state index is 12.9. The van der Waals surface area contributed by atoms with E-state index in [1.807, 2.05) is 20.0 Å². The number of hydrogen-bond donors (Lipinski definition) is 1. The summed E-state index contributed by atoms with van der Waals surface area (Å²) in [5, 5.41) is 3.35. The molecule has 0 heterocycles. The van der Waals surface area contributed by atoms with E-state index in [-0.39, 0.29) is 5.82 Å². The van der Waals surface area contributed by atoms with Gasteiger partial charge in [0.2, 0.25) is 0 Å². The lowest BCUT2D eigenvalue weighted by molar-refractivity contribution is 0.393. The molecule has 0 radical (unpaired) electrons. The van der Waals surface area contributed by atoms with Crippen LogP contribution in [-0.2, 0) is 6.42 Å². The summed E-state index contributed by atoms with van der Waals surface area (Å²) in [4.78, 5) is 0. The molecule has 1 aromatic carbocycles. The molecule has 1 nitrogen and oxygen atoms in total. The summed E-state index contributed by atoms with van der Waals surface area (Å²) in [5.74, 6) is 0.524. The number of rotatable bonds is 6. The SMILES string of the molecule is CNC(CCCc1ccc(F)cc1C)C(C)C. The lowest BCUT2D eigenvalue weighted by Gasteiger charge is -2.20. The van der Waals surface area contributed by atoms with E-state index in [2.05, 4.69) is 19.2 Å². The number of benzene rings is 1. The Labute approximate surface area is 104 Å². The zero-order valence-corrected chi connectivity index (χ0v) is 11.4. The molecule has 1 N–H and O–H groups in total. The van der Waals surface area contributed by atoms with Crippen LogP contribution >= 0.6 is 0 Å². The minimum Gasteiger partial charge on any atom is -0.317 e. The van der Waals surface area contributed by atoms with Crippen LogP contribution in [0, 0.1) is 18.7 Å². The number of halogens is 1. The molecular formula is C15H24FN. The third-order valence-corrected chi connectivity index (χ3v) is 3.44. The molecule has 96 valence electrons. The predicted molar refractivity (Wildman–Crippen MR) is 71.8 cm³/mol. The van der Waals surface area contributed by atoms with E-state index in [1.165, 1.54) is 12.0 Å². The van der Waals surface area contributed by atoms with Crippen molar-refractivity contribution in [2.75, 3.05) is 7.05 Å². The van der Waals surface area contributed by atoms with Gasteiger partial charge in [0.05, 0.1) is 0 Å². The summed E-state index contributed by atoms with van der Waals surface area (Å²) in [6, 6.07) is 5.66. The van der Waals surface area contributed by atoms with Crippen LogP contribution in [0.25, 0.3) is 0 Å². The Hall–Kier alpha value is -0.890. The number of aryl methyl sites for hydroxylation is 2. The summed E-state index contributed by atoms with van der Waals surface area (Å²) in [7, 11) is 2.02. The topological polar surface area (TPSA) is 12.0 Å². The Morgan fingerprint density at radius 1 is 1.29 bits per heavy atom. The molecule has 0 amide bonds. The fraction of sp³-hybridized carbons (Fsp3) is 0.600. The Bertz CT molecular complexity index is 347. The molecule has 0 aliphatic heterocycles. The van der Waals surface area contributed by atoms with Crippen molar-refractivity contribution in [1.29, 1.82) is 0 Å². The Morgan fingerprint density at radius 2 is 2.00 bits per heavy atom. The molecule has 17 heavy (non-hydrogen) atoms. The molecule has 2 heteroatoms. The average Bonchev–Trinajstić information content (AvgIpc) is 2.26. The zero-order valence-electron chi connectivity index (χ0n) is 11.4. The highest BCUT2D eigenvalue weighted by Gasteiger charge is 2.10. The third-order valence-electron chi connectivity index (χ3n) is 3.44. The van der Waals surface area contributed by atoms with Gasteiger partial charge in [-0.15, -0.1) is 0 Å². The maximum Gasteiger partial charge on any atom is 0.123 e. The molecule has 0 saturated carbocycles. The van der Waals surface area contributed by atoms with Gasteiger partial charge in [-0.05, 0) is 62.4 Å².